The van der Waals surface area contributed by atoms with Gasteiger partial charge in [0.1, 0.15) is 23.5 Å². The molecule has 2 aromatic carbocycles. The molecule has 1 N–H and O–H groups in total. The Hall–Kier alpha value is -1.94. The minimum Gasteiger partial charge on any atom is -0.493 e. The van der Waals surface area contributed by atoms with Gasteiger partial charge in [-0.3, -0.25) is 0 Å². The molecule has 0 aliphatic rings. The summed E-state index contributed by atoms with van der Waals surface area (Å²) in [5.74, 6) is -0.966. The van der Waals surface area contributed by atoms with Crippen molar-refractivity contribution in [1.29, 1.82) is 0 Å². The van der Waals surface area contributed by atoms with E-state index in [-0.39, 0.29) is 5.56 Å². The number of para-hydroxylation sites is 1. The predicted octanol–water partition coefficient (Wildman–Crippen LogP) is 3.45. The molecule has 1 unspecified atom stereocenters. The lowest BCUT2D eigenvalue weighted by Crippen LogP contribution is -2.06. The smallest absolute Gasteiger partial charge is 0.132 e. The summed E-state index contributed by atoms with van der Waals surface area (Å²) in [7, 11) is 0. The van der Waals surface area contributed by atoms with Gasteiger partial charge in [0.2, 0.25) is 0 Å². The number of ether oxygens (including phenoxy) is 1. The fourth-order valence-corrected chi connectivity index (χ4v) is 1.88. The van der Waals surface area contributed by atoms with Crippen LogP contribution < -0.4 is 4.74 Å². The first-order chi connectivity index (χ1) is 9.13. The third-order valence-corrected chi connectivity index (χ3v) is 2.77. The molecule has 0 heterocycles. The van der Waals surface area contributed by atoms with Crippen LogP contribution in [0.25, 0.3) is 0 Å². The van der Waals surface area contributed by atoms with Crippen molar-refractivity contribution in [2.24, 2.45) is 0 Å². The second-order valence-electron chi connectivity index (χ2n) is 4.04. The van der Waals surface area contributed by atoms with E-state index in [2.05, 4.69) is 0 Å². The third-order valence-electron chi connectivity index (χ3n) is 2.77. The number of hydrogen-bond donors (Lipinski definition) is 1. The summed E-state index contributed by atoms with van der Waals surface area (Å²) < 4.78 is 31.9. The van der Waals surface area contributed by atoms with E-state index in [0.29, 0.717) is 17.9 Å². The highest BCUT2D eigenvalue weighted by Gasteiger charge is 2.19. The molecule has 0 aromatic heterocycles. The number of aliphatic hydroxyl groups is 1. The summed E-state index contributed by atoms with van der Waals surface area (Å²) in [5.41, 5.74) is 0.475. The van der Waals surface area contributed by atoms with E-state index in [9.17, 15) is 13.9 Å². The van der Waals surface area contributed by atoms with E-state index in [4.69, 9.17) is 4.74 Å². The van der Waals surface area contributed by atoms with Crippen LogP contribution in [0.3, 0.4) is 0 Å². The average molecular weight is 264 g/mol. The zero-order valence-electron chi connectivity index (χ0n) is 10.4. The molecule has 100 valence electrons. The largest absolute Gasteiger partial charge is 0.493 e. The Kier molecular flexibility index (Phi) is 4.12. The van der Waals surface area contributed by atoms with E-state index < -0.39 is 17.7 Å². The molecule has 0 saturated heterocycles. The van der Waals surface area contributed by atoms with Crippen LogP contribution >= 0.6 is 0 Å². The Labute approximate surface area is 110 Å². The number of rotatable bonds is 4. The fraction of sp³-hybridized carbons (Fsp3) is 0.200. The molecule has 1 atom stereocenters. The molecule has 0 aliphatic carbocycles. The molecule has 0 spiro atoms. The molecule has 2 nitrogen and oxygen atoms in total. The summed E-state index contributed by atoms with van der Waals surface area (Å²) in [4.78, 5) is 0. The molecular formula is C15H14F2O2. The maximum atomic E-state index is 13.7. The Morgan fingerprint density at radius 2 is 1.84 bits per heavy atom. The lowest BCUT2D eigenvalue weighted by Gasteiger charge is -2.16. The van der Waals surface area contributed by atoms with E-state index in [1.54, 1.807) is 24.3 Å². The van der Waals surface area contributed by atoms with Gasteiger partial charge in [-0.05, 0) is 19.1 Å². The van der Waals surface area contributed by atoms with Crippen molar-refractivity contribution in [3.63, 3.8) is 0 Å². The van der Waals surface area contributed by atoms with Crippen LogP contribution in [-0.4, -0.2) is 11.7 Å². The molecular weight excluding hydrogens is 250 g/mol. The molecule has 2 rings (SSSR count). The minimum atomic E-state index is -1.19. The van der Waals surface area contributed by atoms with Crippen LogP contribution in [0, 0.1) is 11.6 Å². The maximum Gasteiger partial charge on any atom is 0.132 e. The van der Waals surface area contributed by atoms with Gasteiger partial charge in [0.25, 0.3) is 0 Å². The van der Waals surface area contributed by atoms with E-state index in [1.165, 1.54) is 6.07 Å². The van der Waals surface area contributed by atoms with Crippen molar-refractivity contribution >= 4 is 0 Å². The molecule has 0 bridgehead atoms. The molecule has 0 saturated carbocycles. The van der Waals surface area contributed by atoms with E-state index >= 15 is 0 Å². The quantitative estimate of drug-likeness (QED) is 0.916. The highest BCUT2D eigenvalue weighted by Crippen LogP contribution is 2.31. The normalized spacial score (nSPS) is 12.2. The fourth-order valence-electron chi connectivity index (χ4n) is 1.88. The van der Waals surface area contributed by atoms with Crippen molar-refractivity contribution in [2.45, 2.75) is 13.0 Å². The number of aliphatic hydroxyl groups excluding tert-OH is 1. The molecule has 19 heavy (non-hydrogen) atoms. The number of hydrogen-bond acceptors (Lipinski definition) is 2. The standard InChI is InChI=1S/C15H14F2O2/c1-2-19-14-6-4-3-5-12(14)15(18)11-8-7-10(16)9-13(11)17/h3-9,15,18H,2H2,1H3. The first-order valence-electron chi connectivity index (χ1n) is 5.98. The van der Waals surface area contributed by atoms with Crippen molar-refractivity contribution < 1.29 is 18.6 Å². The SMILES string of the molecule is CCOc1ccccc1C(O)c1ccc(F)cc1F. The van der Waals surface area contributed by atoms with Crippen molar-refractivity contribution in [3.05, 3.63) is 65.2 Å². The van der Waals surface area contributed by atoms with Gasteiger partial charge in [-0.1, -0.05) is 24.3 Å². The van der Waals surface area contributed by atoms with Crippen molar-refractivity contribution in [1.82, 2.24) is 0 Å². The average Bonchev–Trinajstić information content (AvgIpc) is 2.39. The Balaban J connectivity index is 2.41. The highest BCUT2D eigenvalue weighted by molar-refractivity contribution is 5.40. The second kappa shape index (κ2) is 5.80. The van der Waals surface area contributed by atoms with Gasteiger partial charge in [0, 0.05) is 17.2 Å². The van der Waals surface area contributed by atoms with Crippen LogP contribution in [0.1, 0.15) is 24.2 Å². The summed E-state index contributed by atoms with van der Waals surface area (Å²) in [6, 6.07) is 9.94. The summed E-state index contributed by atoms with van der Waals surface area (Å²) in [6.45, 7) is 2.26. The highest BCUT2D eigenvalue weighted by atomic mass is 19.1. The van der Waals surface area contributed by atoms with Gasteiger partial charge in [0.15, 0.2) is 0 Å². The number of benzene rings is 2. The van der Waals surface area contributed by atoms with Gasteiger partial charge >= 0.3 is 0 Å². The Morgan fingerprint density at radius 3 is 2.53 bits per heavy atom. The van der Waals surface area contributed by atoms with Crippen molar-refractivity contribution in [2.75, 3.05) is 6.61 Å². The molecule has 0 radical (unpaired) electrons. The molecule has 0 aliphatic heterocycles. The predicted molar refractivity (Wildman–Crippen MR) is 68.0 cm³/mol. The van der Waals surface area contributed by atoms with Gasteiger partial charge in [-0.25, -0.2) is 8.78 Å². The van der Waals surface area contributed by atoms with Crippen molar-refractivity contribution in [3.8, 4) is 5.75 Å². The summed E-state index contributed by atoms with van der Waals surface area (Å²) in [6.07, 6.45) is -1.19. The summed E-state index contributed by atoms with van der Waals surface area (Å²) in [5, 5.41) is 10.2. The lowest BCUT2D eigenvalue weighted by atomic mass is 10.00. The van der Waals surface area contributed by atoms with Crippen LogP contribution in [0.2, 0.25) is 0 Å². The molecule has 2 aromatic rings. The zero-order valence-corrected chi connectivity index (χ0v) is 10.4. The molecule has 4 heteroatoms. The minimum absolute atomic E-state index is 0.0218. The third kappa shape index (κ3) is 2.90. The van der Waals surface area contributed by atoms with Gasteiger partial charge in [-0.2, -0.15) is 0 Å². The first kappa shape index (κ1) is 13.5. The van der Waals surface area contributed by atoms with Crippen LogP contribution in [-0.2, 0) is 0 Å². The first-order valence-corrected chi connectivity index (χ1v) is 5.98. The Bertz CT molecular complexity index is 570. The summed E-state index contributed by atoms with van der Waals surface area (Å²) >= 11 is 0. The van der Waals surface area contributed by atoms with Crippen LogP contribution in [0.4, 0.5) is 8.78 Å². The maximum absolute atomic E-state index is 13.7. The van der Waals surface area contributed by atoms with E-state index in [0.717, 1.165) is 12.1 Å². The van der Waals surface area contributed by atoms with E-state index in [1.807, 2.05) is 6.92 Å². The van der Waals surface area contributed by atoms with Crippen LogP contribution in [0.5, 0.6) is 5.75 Å². The zero-order chi connectivity index (χ0) is 13.8. The Morgan fingerprint density at radius 1 is 1.11 bits per heavy atom. The monoisotopic (exact) mass is 264 g/mol. The second-order valence-corrected chi connectivity index (χ2v) is 4.04. The van der Waals surface area contributed by atoms with Gasteiger partial charge < -0.3 is 9.84 Å². The molecule has 0 fully saturated rings. The van der Waals surface area contributed by atoms with Crippen LogP contribution in [0.15, 0.2) is 42.5 Å². The molecule has 0 amide bonds. The van der Waals surface area contributed by atoms with Gasteiger partial charge in [-0.15, -0.1) is 0 Å². The lowest BCUT2D eigenvalue weighted by molar-refractivity contribution is 0.207. The topological polar surface area (TPSA) is 29.5 Å². The number of halogens is 2. The van der Waals surface area contributed by atoms with Gasteiger partial charge in [0.05, 0.1) is 6.61 Å².